The van der Waals surface area contributed by atoms with Gasteiger partial charge >= 0.3 is 6.09 Å². The zero-order chi connectivity index (χ0) is 30.7. The normalized spacial score (nSPS) is 16.6. The summed E-state index contributed by atoms with van der Waals surface area (Å²) in [6.45, 7) is 4.26. The van der Waals surface area contributed by atoms with Gasteiger partial charge in [-0.1, -0.05) is 60.1 Å². The van der Waals surface area contributed by atoms with Crippen LogP contribution in [0.4, 0.5) is 4.79 Å². The molecule has 7 nitrogen and oxygen atoms in total. The third kappa shape index (κ3) is 6.55. The number of carbonyl (C=O) groups is 3. The Balaban J connectivity index is 1.51. The molecule has 1 N–H and O–H groups in total. The van der Waals surface area contributed by atoms with Gasteiger partial charge in [-0.05, 0) is 68.9 Å². The predicted octanol–water partition coefficient (Wildman–Crippen LogP) is 8.39. The maximum atomic E-state index is 14.4. The Morgan fingerprint density at radius 1 is 0.953 bits per heavy atom. The Hall–Kier alpha value is -3.88. The van der Waals surface area contributed by atoms with Crippen molar-refractivity contribution >= 4 is 50.8 Å². The van der Waals surface area contributed by atoms with Crippen molar-refractivity contribution in [1.29, 1.82) is 0 Å². The minimum Gasteiger partial charge on any atom is -0.494 e. The molecule has 0 atom stereocenters. The summed E-state index contributed by atoms with van der Waals surface area (Å²) in [6.07, 6.45) is 1.73. The molecule has 0 saturated heterocycles. The van der Waals surface area contributed by atoms with Gasteiger partial charge < -0.3 is 19.6 Å². The number of carboxylic acid groups (broad SMARTS) is 1. The minimum absolute atomic E-state index is 0.0113. The third-order valence-electron chi connectivity index (χ3n) is 8.27. The number of rotatable bonds is 9. The van der Waals surface area contributed by atoms with Gasteiger partial charge in [0, 0.05) is 46.9 Å². The molecule has 0 aliphatic heterocycles. The molecule has 1 aromatic heterocycles. The second-order valence-electron chi connectivity index (χ2n) is 10.9. The van der Waals surface area contributed by atoms with Gasteiger partial charge in [-0.2, -0.15) is 0 Å². The molecule has 9 heteroatoms. The third-order valence-corrected chi connectivity index (χ3v) is 9.94. The van der Waals surface area contributed by atoms with Gasteiger partial charge in [0.25, 0.3) is 5.91 Å². The van der Waals surface area contributed by atoms with Crippen LogP contribution in [0, 0.1) is 0 Å². The van der Waals surface area contributed by atoms with E-state index in [0.717, 1.165) is 26.8 Å². The first-order chi connectivity index (χ1) is 20.7. The van der Waals surface area contributed by atoms with E-state index in [4.69, 9.17) is 16.3 Å². The van der Waals surface area contributed by atoms with Crippen LogP contribution in [0.1, 0.15) is 65.1 Å². The number of nitrogens with zero attached hydrogens (tertiary/aromatic N) is 2. The number of amides is 2. The quantitative estimate of drug-likeness (QED) is 0.190. The van der Waals surface area contributed by atoms with Gasteiger partial charge in [-0.3, -0.25) is 9.59 Å². The van der Waals surface area contributed by atoms with Gasteiger partial charge in [0.2, 0.25) is 0 Å². The highest BCUT2D eigenvalue weighted by Gasteiger charge is 2.34. The summed E-state index contributed by atoms with van der Waals surface area (Å²) in [5, 5.41) is 10.8. The van der Waals surface area contributed by atoms with Crippen molar-refractivity contribution in [3.63, 3.8) is 0 Å². The number of hydrogen-bond donors (Lipinski definition) is 1. The highest BCUT2D eigenvalue weighted by atomic mass is 35.5. The molecule has 4 aromatic rings. The molecule has 0 spiro atoms. The number of ketones is 1. The topological polar surface area (TPSA) is 87.2 Å². The minimum atomic E-state index is -0.942. The molecule has 43 heavy (non-hydrogen) atoms. The summed E-state index contributed by atoms with van der Waals surface area (Å²) in [5.74, 6) is 0.572. The molecule has 0 unspecified atom stereocenters. The van der Waals surface area contributed by atoms with Crippen LogP contribution >= 0.6 is 22.9 Å². The number of benzene rings is 3. The molecule has 1 aliphatic carbocycles. The summed E-state index contributed by atoms with van der Waals surface area (Å²) >= 11 is 8.20. The Morgan fingerprint density at radius 2 is 1.60 bits per heavy atom. The fourth-order valence-electron chi connectivity index (χ4n) is 5.82. The molecule has 2 amide bonds. The van der Waals surface area contributed by atoms with Gasteiger partial charge in [-0.15, -0.1) is 11.3 Å². The lowest BCUT2D eigenvalue weighted by atomic mass is 9.89. The van der Waals surface area contributed by atoms with E-state index in [1.165, 1.54) is 16.2 Å². The first kappa shape index (κ1) is 30.6. The number of fused-ring (bicyclic) bond motifs is 1. The molecule has 0 bridgehead atoms. The number of halogens is 1. The molecule has 1 fully saturated rings. The average molecular weight is 619 g/mol. The van der Waals surface area contributed by atoms with Crippen molar-refractivity contribution in [2.75, 3.05) is 13.7 Å². The van der Waals surface area contributed by atoms with Gasteiger partial charge in [0.15, 0.2) is 5.78 Å². The van der Waals surface area contributed by atoms with E-state index in [1.54, 1.807) is 14.0 Å². The average Bonchev–Trinajstić information content (AvgIpc) is 3.36. The van der Waals surface area contributed by atoms with E-state index >= 15 is 0 Å². The fraction of sp³-hybridized carbons (Fsp3) is 0.324. The zero-order valence-electron chi connectivity index (χ0n) is 24.5. The summed E-state index contributed by atoms with van der Waals surface area (Å²) in [4.78, 5) is 41.5. The smallest absolute Gasteiger partial charge is 0.407 e. The van der Waals surface area contributed by atoms with Crippen LogP contribution < -0.4 is 4.74 Å². The monoisotopic (exact) mass is 618 g/mol. The summed E-state index contributed by atoms with van der Waals surface area (Å²) in [5.41, 5.74) is 3.42. The van der Waals surface area contributed by atoms with E-state index < -0.39 is 6.09 Å². The van der Waals surface area contributed by atoms with E-state index in [1.807, 2.05) is 78.6 Å². The molecular weight excluding hydrogens is 584 g/mol. The second kappa shape index (κ2) is 13.2. The van der Waals surface area contributed by atoms with E-state index in [0.29, 0.717) is 60.0 Å². The second-order valence-corrected chi connectivity index (χ2v) is 12.3. The Labute approximate surface area is 260 Å². The fourth-order valence-corrected chi connectivity index (χ4v) is 7.29. The molecule has 1 heterocycles. The molecule has 0 radical (unpaired) electrons. The number of hydrogen-bond acceptors (Lipinski definition) is 5. The summed E-state index contributed by atoms with van der Waals surface area (Å²) < 4.78 is 6.97. The van der Waals surface area contributed by atoms with Gasteiger partial charge in [-0.25, -0.2) is 4.79 Å². The van der Waals surface area contributed by atoms with Crippen molar-refractivity contribution in [2.24, 2.45) is 0 Å². The zero-order valence-corrected chi connectivity index (χ0v) is 26.1. The number of thiophene rings is 1. The molecule has 1 aliphatic rings. The molecule has 1 saturated carbocycles. The Kier molecular flexibility index (Phi) is 9.37. The number of ether oxygens (including phenoxy) is 1. The van der Waals surface area contributed by atoms with Crippen LogP contribution in [0.5, 0.6) is 5.75 Å². The van der Waals surface area contributed by atoms with Crippen molar-refractivity contribution in [3.8, 4) is 16.9 Å². The van der Waals surface area contributed by atoms with Crippen molar-refractivity contribution < 1.29 is 24.2 Å². The number of carbonyl (C=O) groups excluding carboxylic acids is 2. The van der Waals surface area contributed by atoms with Crippen LogP contribution in [0.15, 0.2) is 66.7 Å². The van der Waals surface area contributed by atoms with Gasteiger partial charge in [0.1, 0.15) is 10.6 Å². The maximum absolute atomic E-state index is 14.4. The lowest BCUT2D eigenvalue weighted by molar-refractivity contribution is 0.0554. The first-order valence-electron chi connectivity index (χ1n) is 14.5. The van der Waals surface area contributed by atoms with E-state index in [9.17, 15) is 19.5 Å². The van der Waals surface area contributed by atoms with Crippen molar-refractivity contribution in [3.05, 3.63) is 87.8 Å². The molecular formula is C34H35ClN2O5S. The largest absolute Gasteiger partial charge is 0.494 e. The van der Waals surface area contributed by atoms with Crippen LogP contribution in [0.2, 0.25) is 5.02 Å². The van der Waals surface area contributed by atoms with Crippen LogP contribution in [0.3, 0.4) is 0 Å². The van der Waals surface area contributed by atoms with Crippen LogP contribution in [-0.2, 0) is 6.54 Å². The Morgan fingerprint density at radius 3 is 2.23 bits per heavy atom. The lowest BCUT2D eigenvalue weighted by Crippen LogP contribution is -2.46. The molecule has 3 aromatic carbocycles. The predicted molar refractivity (Wildman–Crippen MR) is 172 cm³/mol. The highest BCUT2D eigenvalue weighted by Crippen LogP contribution is 2.38. The van der Waals surface area contributed by atoms with Crippen molar-refractivity contribution in [2.45, 2.75) is 58.2 Å². The lowest BCUT2D eigenvalue weighted by Gasteiger charge is -2.39. The van der Waals surface area contributed by atoms with Gasteiger partial charge in [0.05, 0.1) is 11.6 Å². The Bertz CT molecular complexity index is 1640. The highest BCUT2D eigenvalue weighted by molar-refractivity contribution is 7.21. The standard InChI is InChI=1S/C34H35ClN2O5S/c1-4-42-29-18-13-24(23-11-9-22(10-12-23)21(2)38)19-25(29)20-37(27-16-14-26(15-17-27)36(3)34(40)41)33(39)32-31(35)28-7-5-6-8-30(28)43-32/h5-13,18-19,26-27H,4,14-17,20H2,1-3H3,(H,40,41). The van der Waals surface area contributed by atoms with Crippen LogP contribution in [0.25, 0.3) is 21.2 Å². The maximum Gasteiger partial charge on any atom is 0.407 e. The molecule has 5 rings (SSSR count). The van der Waals surface area contributed by atoms with Crippen molar-refractivity contribution in [1.82, 2.24) is 9.80 Å². The molecule has 224 valence electrons. The van der Waals surface area contributed by atoms with E-state index in [-0.39, 0.29) is 23.8 Å². The number of Topliss-reactive ketones (excluding diaryl/α,β-unsaturated/α-hetero) is 1. The first-order valence-corrected chi connectivity index (χ1v) is 15.7. The SMILES string of the molecule is CCOc1ccc(-c2ccc(C(C)=O)cc2)cc1CN(C(=O)c1sc2ccccc2c1Cl)C1CCC(N(C)C(=O)O)CC1. The summed E-state index contributed by atoms with van der Waals surface area (Å²) in [6, 6.07) is 21.0. The summed E-state index contributed by atoms with van der Waals surface area (Å²) in [7, 11) is 1.61. The van der Waals surface area contributed by atoms with E-state index in [2.05, 4.69) is 0 Å². The van der Waals surface area contributed by atoms with Crippen LogP contribution in [-0.4, -0.2) is 58.4 Å².